The number of fused-ring (bicyclic) bond motifs is 1. The molecule has 0 fully saturated rings. The van der Waals surface area contributed by atoms with Gasteiger partial charge in [0.1, 0.15) is 11.5 Å². The highest BCUT2D eigenvalue weighted by Gasteiger charge is 2.10. The molecule has 1 aromatic heterocycles. The van der Waals surface area contributed by atoms with Gasteiger partial charge in [0.15, 0.2) is 0 Å². The summed E-state index contributed by atoms with van der Waals surface area (Å²) in [6, 6.07) is 23.4. The highest BCUT2D eigenvalue weighted by molar-refractivity contribution is 5.86. The molecule has 0 saturated heterocycles. The first-order valence-electron chi connectivity index (χ1n) is 9.23. The molecule has 0 spiro atoms. The lowest BCUT2D eigenvalue weighted by molar-refractivity contribution is 0.337. The SMILES string of the molecule is CCOc1ccc(/C=N/c2nc3ccccc3n2Cc2ccccc2)c(O)c1. The van der Waals surface area contributed by atoms with Crippen molar-refractivity contribution in [1.82, 2.24) is 9.55 Å². The van der Waals surface area contributed by atoms with Gasteiger partial charge in [-0.2, -0.15) is 0 Å². The Labute approximate surface area is 163 Å². The molecule has 0 aliphatic rings. The molecule has 0 atom stereocenters. The van der Waals surface area contributed by atoms with E-state index >= 15 is 0 Å². The zero-order valence-electron chi connectivity index (χ0n) is 15.6. The summed E-state index contributed by atoms with van der Waals surface area (Å²) in [5.41, 5.74) is 3.70. The molecule has 0 saturated carbocycles. The molecule has 28 heavy (non-hydrogen) atoms. The Bertz CT molecular complexity index is 1120. The van der Waals surface area contributed by atoms with Crippen molar-refractivity contribution in [3.8, 4) is 11.5 Å². The van der Waals surface area contributed by atoms with Crippen LogP contribution < -0.4 is 4.74 Å². The molecule has 4 rings (SSSR count). The van der Waals surface area contributed by atoms with Gasteiger partial charge in [-0.05, 0) is 36.8 Å². The van der Waals surface area contributed by atoms with Gasteiger partial charge < -0.3 is 14.4 Å². The second kappa shape index (κ2) is 7.96. The Balaban J connectivity index is 1.70. The maximum atomic E-state index is 10.2. The number of aromatic nitrogens is 2. The number of phenols is 1. The lowest BCUT2D eigenvalue weighted by Gasteiger charge is -2.07. The zero-order chi connectivity index (χ0) is 19.3. The zero-order valence-corrected chi connectivity index (χ0v) is 15.6. The number of phenolic OH excluding ortho intramolecular Hbond substituents is 1. The van der Waals surface area contributed by atoms with Gasteiger partial charge in [-0.3, -0.25) is 0 Å². The van der Waals surface area contributed by atoms with Crippen molar-refractivity contribution in [3.05, 3.63) is 83.9 Å². The van der Waals surface area contributed by atoms with Gasteiger partial charge in [0, 0.05) is 17.8 Å². The van der Waals surface area contributed by atoms with E-state index in [1.54, 1.807) is 18.3 Å². The molecular weight excluding hydrogens is 350 g/mol. The predicted octanol–water partition coefficient (Wildman–Crippen LogP) is 4.94. The lowest BCUT2D eigenvalue weighted by atomic mass is 10.2. The molecule has 1 heterocycles. The van der Waals surface area contributed by atoms with E-state index in [1.165, 1.54) is 5.56 Å². The molecule has 0 radical (unpaired) electrons. The van der Waals surface area contributed by atoms with E-state index in [0.717, 1.165) is 11.0 Å². The van der Waals surface area contributed by atoms with Crippen LogP contribution >= 0.6 is 0 Å². The number of para-hydroxylation sites is 2. The fraction of sp³-hybridized carbons (Fsp3) is 0.130. The first-order valence-corrected chi connectivity index (χ1v) is 9.23. The number of benzene rings is 3. The number of nitrogens with zero attached hydrogens (tertiary/aromatic N) is 3. The van der Waals surface area contributed by atoms with Crippen molar-refractivity contribution in [2.24, 2.45) is 4.99 Å². The van der Waals surface area contributed by atoms with Gasteiger partial charge >= 0.3 is 0 Å². The van der Waals surface area contributed by atoms with Crippen LogP contribution in [-0.2, 0) is 6.54 Å². The van der Waals surface area contributed by atoms with E-state index in [9.17, 15) is 5.11 Å². The van der Waals surface area contributed by atoms with Crippen LogP contribution in [0.1, 0.15) is 18.1 Å². The average molecular weight is 371 g/mol. The van der Waals surface area contributed by atoms with Crippen LogP contribution in [0.2, 0.25) is 0 Å². The van der Waals surface area contributed by atoms with Crippen molar-refractivity contribution >= 4 is 23.2 Å². The van der Waals surface area contributed by atoms with Crippen molar-refractivity contribution in [2.75, 3.05) is 6.61 Å². The van der Waals surface area contributed by atoms with Gasteiger partial charge in [-0.1, -0.05) is 42.5 Å². The monoisotopic (exact) mass is 371 g/mol. The quantitative estimate of drug-likeness (QED) is 0.488. The molecule has 0 unspecified atom stereocenters. The Hall–Kier alpha value is -3.60. The molecule has 0 aliphatic carbocycles. The van der Waals surface area contributed by atoms with Crippen LogP contribution in [0.25, 0.3) is 11.0 Å². The highest BCUT2D eigenvalue weighted by Crippen LogP contribution is 2.25. The smallest absolute Gasteiger partial charge is 0.230 e. The predicted molar refractivity (Wildman–Crippen MR) is 112 cm³/mol. The number of imidazole rings is 1. The standard InChI is InChI=1S/C23H21N3O2/c1-2-28-19-13-12-18(22(27)14-19)15-24-23-25-20-10-6-7-11-21(20)26(23)16-17-8-4-3-5-9-17/h3-15,27H,2,16H2,1H3/b24-15+. The first-order chi connectivity index (χ1) is 13.7. The van der Waals surface area contributed by atoms with Gasteiger partial charge in [-0.25, -0.2) is 9.98 Å². The van der Waals surface area contributed by atoms with Crippen LogP contribution in [0.4, 0.5) is 5.95 Å². The maximum absolute atomic E-state index is 10.2. The van der Waals surface area contributed by atoms with Gasteiger partial charge in [0.25, 0.3) is 0 Å². The molecule has 140 valence electrons. The minimum absolute atomic E-state index is 0.125. The third-order valence-corrected chi connectivity index (χ3v) is 4.45. The van der Waals surface area contributed by atoms with Gasteiger partial charge in [0.2, 0.25) is 5.95 Å². The van der Waals surface area contributed by atoms with Crippen LogP contribution in [0, 0.1) is 0 Å². The number of aliphatic imine (C=N–C) groups is 1. The Morgan fingerprint density at radius 3 is 2.61 bits per heavy atom. The number of aromatic hydroxyl groups is 1. The summed E-state index contributed by atoms with van der Waals surface area (Å²) in [5.74, 6) is 1.35. The molecule has 0 bridgehead atoms. The van der Waals surface area contributed by atoms with E-state index in [1.807, 2.05) is 55.5 Å². The molecular formula is C23H21N3O2. The molecule has 5 nitrogen and oxygen atoms in total. The summed E-state index contributed by atoms with van der Waals surface area (Å²) in [7, 11) is 0. The Morgan fingerprint density at radius 1 is 1.04 bits per heavy atom. The van der Waals surface area contributed by atoms with Crippen molar-refractivity contribution in [2.45, 2.75) is 13.5 Å². The van der Waals surface area contributed by atoms with Crippen LogP contribution in [0.3, 0.4) is 0 Å². The van der Waals surface area contributed by atoms with Crippen molar-refractivity contribution in [1.29, 1.82) is 0 Å². The van der Waals surface area contributed by atoms with Crippen molar-refractivity contribution in [3.63, 3.8) is 0 Å². The van der Waals surface area contributed by atoms with E-state index in [4.69, 9.17) is 4.74 Å². The molecule has 0 amide bonds. The summed E-state index contributed by atoms with van der Waals surface area (Å²) >= 11 is 0. The van der Waals surface area contributed by atoms with Crippen LogP contribution in [0.5, 0.6) is 11.5 Å². The number of hydrogen-bond acceptors (Lipinski definition) is 4. The van der Waals surface area contributed by atoms with E-state index in [-0.39, 0.29) is 5.75 Å². The second-order valence-corrected chi connectivity index (χ2v) is 6.38. The largest absolute Gasteiger partial charge is 0.507 e. The summed E-state index contributed by atoms with van der Waals surface area (Å²) < 4.78 is 7.49. The summed E-state index contributed by atoms with van der Waals surface area (Å²) in [6.07, 6.45) is 1.63. The minimum atomic E-state index is 0.125. The topological polar surface area (TPSA) is 59.6 Å². The second-order valence-electron chi connectivity index (χ2n) is 6.38. The van der Waals surface area contributed by atoms with Crippen LogP contribution in [-0.4, -0.2) is 27.5 Å². The fourth-order valence-electron chi connectivity index (χ4n) is 3.10. The average Bonchev–Trinajstić information content (AvgIpc) is 3.06. The number of hydrogen-bond donors (Lipinski definition) is 1. The third kappa shape index (κ3) is 3.74. The normalized spacial score (nSPS) is 11.3. The molecule has 1 N–H and O–H groups in total. The molecule has 0 aliphatic heterocycles. The molecule has 3 aromatic carbocycles. The van der Waals surface area contributed by atoms with Crippen molar-refractivity contribution < 1.29 is 9.84 Å². The lowest BCUT2D eigenvalue weighted by Crippen LogP contribution is -1.99. The number of rotatable bonds is 6. The highest BCUT2D eigenvalue weighted by atomic mass is 16.5. The maximum Gasteiger partial charge on any atom is 0.230 e. The van der Waals surface area contributed by atoms with E-state index in [0.29, 0.717) is 30.4 Å². The fourth-order valence-corrected chi connectivity index (χ4v) is 3.10. The summed E-state index contributed by atoms with van der Waals surface area (Å²) in [6.45, 7) is 3.13. The molecule has 4 aromatic rings. The Morgan fingerprint density at radius 2 is 1.82 bits per heavy atom. The number of ether oxygens (including phenoxy) is 1. The van der Waals surface area contributed by atoms with Gasteiger partial charge in [-0.15, -0.1) is 0 Å². The first kappa shape index (κ1) is 17.8. The summed E-state index contributed by atoms with van der Waals surface area (Å²) in [5, 5.41) is 10.2. The van der Waals surface area contributed by atoms with E-state index in [2.05, 4.69) is 26.7 Å². The van der Waals surface area contributed by atoms with E-state index < -0.39 is 0 Å². The summed E-state index contributed by atoms with van der Waals surface area (Å²) in [4.78, 5) is 9.23. The Kier molecular flexibility index (Phi) is 5.06. The third-order valence-electron chi connectivity index (χ3n) is 4.45. The molecule has 5 heteroatoms. The van der Waals surface area contributed by atoms with Crippen LogP contribution in [0.15, 0.2) is 77.8 Å². The minimum Gasteiger partial charge on any atom is -0.507 e. The van der Waals surface area contributed by atoms with Gasteiger partial charge in [0.05, 0.1) is 24.2 Å².